The molecule has 1 fully saturated rings. The predicted octanol–water partition coefficient (Wildman–Crippen LogP) is 3.27. The molecule has 3 rings (SSSR count). The van der Waals surface area contributed by atoms with Gasteiger partial charge in [0.2, 0.25) is 0 Å². The molecule has 2 heterocycles. The predicted molar refractivity (Wildman–Crippen MR) is 91.8 cm³/mol. The number of ether oxygens (including phenoxy) is 2. The zero-order chi connectivity index (χ0) is 17.1. The smallest absolute Gasteiger partial charge is 0.265 e. The monoisotopic (exact) mass is 342 g/mol. The average Bonchev–Trinajstić information content (AvgIpc) is 3.29. The van der Waals surface area contributed by atoms with E-state index in [-0.39, 0.29) is 11.8 Å². The Balaban J connectivity index is 1.78. The molecule has 0 aliphatic carbocycles. The Labute approximate surface area is 145 Å². The number of carbonyl (C=O) groups excluding carboxylic acids is 1. The summed E-state index contributed by atoms with van der Waals surface area (Å²) < 4.78 is 10.7. The minimum Gasteiger partial charge on any atom is -0.497 e. The van der Waals surface area contributed by atoms with E-state index in [1.807, 2.05) is 23.1 Å². The van der Waals surface area contributed by atoms with E-state index in [4.69, 9.17) is 14.7 Å². The van der Waals surface area contributed by atoms with Crippen molar-refractivity contribution < 1.29 is 14.3 Å². The Morgan fingerprint density at radius 2 is 2.00 bits per heavy atom. The maximum atomic E-state index is 12.6. The summed E-state index contributed by atoms with van der Waals surface area (Å²) >= 11 is 1.32. The number of nitriles is 1. The van der Waals surface area contributed by atoms with Crippen molar-refractivity contribution in [2.45, 2.75) is 12.3 Å². The van der Waals surface area contributed by atoms with Gasteiger partial charge in [0.1, 0.15) is 22.4 Å². The topological polar surface area (TPSA) is 62.6 Å². The largest absolute Gasteiger partial charge is 0.497 e. The highest BCUT2D eigenvalue weighted by atomic mass is 32.1. The molecule has 1 atom stereocenters. The van der Waals surface area contributed by atoms with Gasteiger partial charge < -0.3 is 14.4 Å². The van der Waals surface area contributed by atoms with Crippen LogP contribution in [0.25, 0.3) is 0 Å². The minimum atomic E-state index is -0.0566. The van der Waals surface area contributed by atoms with Gasteiger partial charge in [0.15, 0.2) is 0 Å². The number of benzene rings is 1. The fourth-order valence-corrected chi connectivity index (χ4v) is 3.80. The second kappa shape index (κ2) is 6.93. The van der Waals surface area contributed by atoms with Crippen LogP contribution in [0.5, 0.6) is 11.5 Å². The fourth-order valence-electron chi connectivity index (χ4n) is 2.99. The Morgan fingerprint density at radius 3 is 2.62 bits per heavy atom. The van der Waals surface area contributed by atoms with E-state index in [1.165, 1.54) is 11.3 Å². The van der Waals surface area contributed by atoms with Gasteiger partial charge in [-0.3, -0.25) is 4.79 Å². The maximum Gasteiger partial charge on any atom is 0.265 e. The van der Waals surface area contributed by atoms with Gasteiger partial charge in [-0.1, -0.05) is 0 Å². The van der Waals surface area contributed by atoms with E-state index >= 15 is 0 Å². The van der Waals surface area contributed by atoms with Crippen molar-refractivity contribution in [3.8, 4) is 17.6 Å². The first-order chi connectivity index (χ1) is 11.7. The molecule has 1 aliphatic rings. The summed E-state index contributed by atoms with van der Waals surface area (Å²) in [5.74, 6) is 1.68. The van der Waals surface area contributed by atoms with Crippen LogP contribution in [-0.2, 0) is 0 Å². The third-order valence-corrected chi connectivity index (χ3v) is 5.20. The maximum absolute atomic E-state index is 12.6. The Hall–Kier alpha value is -2.52. The molecule has 6 heteroatoms. The molecule has 5 nitrogen and oxygen atoms in total. The number of thiophene rings is 1. The van der Waals surface area contributed by atoms with Crippen molar-refractivity contribution in [1.82, 2.24) is 4.90 Å². The molecule has 1 unspecified atom stereocenters. The van der Waals surface area contributed by atoms with Crippen LogP contribution in [0.3, 0.4) is 0 Å². The number of carbonyl (C=O) groups is 1. The fraction of sp³-hybridized carbons (Fsp3) is 0.333. The lowest BCUT2D eigenvalue weighted by Crippen LogP contribution is -2.28. The Kier molecular flexibility index (Phi) is 4.72. The number of hydrogen-bond acceptors (Lipinski definition) is 5. The van der Waals surface area contributed by atoms with Gasteiger partial charge >= 0.3 is 0 Å². The molecule has 1 saturated heterocycles. The van der Waals surface area contributed by atoms with Gasteiger partial charge in [0, 0.05) is 25.1 Å². The van der Waals surface area contributed by atoms with E-state index in [0.29, 0.717) is 23.5 Å². The van der Waals surface area contributed by atoms with E-state index in [1.54, 1.807) is 25.7 Å². The first-order valence-corrected chi connectivity index (χ1v) is 8.54. The van der Waals surface area contributed by atoms with E-state index in [9.17, 15) is 4.79 Å². The summed E-state index contributed by atoms with van der Waals surface area (Å²) in [5, 5.41) is 10.9. The molecule has 24 heavy (non-hydrogen) atoms. The number of amides is 1. The van der Waals surface area contributed by atoms with Crippen molar-refractivity contribution in [2.75, 3.05) is 27.3 Å². The van der Waals surface area contributed by atoms with Crippen LogP contribution in [0.2, 0.25) is 0 Å². The Morgan fingerprint density at radius 1 is 1.29 bits per heavy atom. The summed E-state index contributed by atoms with van der Waals surface area (Å²) in [7, 11) is 3.26. The third-order valence-electron chi connectivity index (χ3n) is 4.30. The lowest BCUT2D eigenvalue weighted by atomic mass is 9.98. The highest BCUT2D eigenvalue weighted by Crippen LogP contribution is 2.34. The van der Waals surface area contributed by atoms with Crippen molar-refractivity contribution in [2.24, 2.45) is 0 Å². The molecule has 0 spiro atoms. The molecular formula is C18H18N2O3S. The van der Waals surface area contributed by atoms with Crippen LogP contribution < -0.4 is 9.47 Å². The van der Waals surface area contributed by atoms with Crippen LogP contribution in [0, 0.1) is 11.3 Å². The molecule has 0 radical (unpaired) electrons. The quantitative estimate of drug-likeness (QED) is 0.855. The number of rotatable bonds is 4. The second-order valence-corrected chi connectivity index (χ2v) is 6.57. The van der Waals surface area contributed by atoms with Crippen molar-refractivity contribution in [1.29, 1.82) is 5.26 Å². The van der Waals surface area contributed by atoms with Gasteiger partial charge in [-0.05, 0) is 35.6 Å². The molecule has 1 aliphatic heterocycles. The van der Waals surface area contributed by atoms with Crippen LogP contribution in [-0.4, -0.2) is 38.1 Å². The van der Waals surface area contributed by atoms with Crippen molar-refractivity contribution >= 4 is 17.2 Å². The van der Waals surface area contributed by atoms with Crippen LogP contribution in [0.15, 0.2) is 29.6 Å². The number of likely N-dealkylation sites (tertiary alicyclic amines) is 1. The van der Waals surface area contributed by atoms with E-state index in [2.05, 4.69) is 6.07 Å². The summed E-state index contributed by atoms with van der Waals surface area (Å²) in [5.41, 5.74) is 1.56. The van der Waals surface area contributed by atoms with Crippen LogP contribution in [0.1, 0.15) is 33.1 Å². The zero-order valence-corrected chi connectivity index (χ0v) is 14.4. The number of hydrogen-bond donors (Lipinski definition) is 0. The molecular weight excluding hydrogens is 324 g/mol. The highest BCUT2D eigenvalue weighted by molar-refractivity contribution is 7.12. The Bertz CT molecular complexity index is 772. The van der Waals surface area contributed by atoms with Gasteiger partial charge in [-0.15, -0.1) is 11.3 Å². The summed E-state index contributed by atoms with van der Waals surface area (Å²) in [6.07, 6.45) is 0.884. The molecule has 0 bridgehead atoms. The van der Waals surface area contributed by atoms with Gasteiger partial charge in [0.05, 0.1) is 19.8 Å². The van der Waals surface area contributed by atoms with Crippen LogP contribution >= 0.6 is 11.3 Å². The van der Waals surface area contributed by atoms with E-state index < -0.39 is 0 Å². The van der Waals surface area contributed by atoms with Gasteiger partial charge in [-0.2, -0.15) is 5.26 Å². The molecule has 2 aromatic rings. The normalized spacial score (nSPS) is 16.7. The minimum absolute atomic E-state index is 0.0566. The number of nitrogens with zero attached hydrogens (tertiary/aromatic N) is 2. The second-order valence-electron chi connectivity index (χ2n) is 5.66. The first-order valence-electron chi connectivity index (χ1n) is 7.66. The average molecular weight is 342 g/mol. The molecule has 1 aromatic carbocycles. The van der Waals surface area contributed by atoms with Gasteiger partial charge in [0.25, 0.3) is 5.91 Å². The zero-order valence-electron chi connectivity index (χ0n) is 13.6. The molecule has 0 saturated carbocycles. The lowest BCUT2D eigenvalue weighted by Gasteiger charge is -2.17. The molecule has 1 aromatic heterocycles. The van der Waals surface area contributed by atoms with Crippen molar-refractivity contribution in [3.63, 3.8) is 0 Å². The molecule has 1 amide bonds. The third kappa shape index (κ3) is 3.08. The summed E-state index contributed by atoms with van der Waals surface area (Å²) in [6, 6.07) is 9.60. The van der Waals surface area contributed by atoms with Crippen molar-refractivity contribution in [3.05, 3.63) is 45.6 Å². The van der Waals surface area contributed by atoms with Crippen LogP contribution in [0.4, 0.5) is 0 Å². The summed E-state index contributed by atoms with van der Waals surface area (Å²) in [6.45, 7) is 1.32. The lowest BCUT2D eigenvalue weighted by molar-refractivity contribution is 0.0795. The SMILES string of the molecule is COc1cc(OC)cc(C2CCN(C(=O)c3sccc3C#N)C2)c1. The van der Waals surface area contributed by atoms with Gasteiger partial charge in [-0.25, -0.2) is 0 Å². The van der Waals surface area contributed by atoms with E-state index in [0.717, 1.165) is 23.5 Å². The highest BCUT2D eigenvalue weighted by Gasteiger charge is 2.30. The standard InChI is InChI=1S/C18H18N2O3S/c1-22-15-7-14(8-16(9-15)23-2)13-3-5-20(11-13)18(21)17-12(10-19)4-6-24-17/h4,6-9,13H,3,5,11H2,1-2H3. The summed E-state index contributed by atoms with van der Waals surface area (Å²) in [4.78, 5) is 15.0. The first kappa shape index (κ1) is 16.3. The molecule has 0 N–H and O–H groups in total. The number of methoxy groups -OCH3 is 2. The molecule has 124 valence electrons.